The van der Waals surface area contributed by atoms with Crippen LogP contribution in [0.4, 0.5) is 5.69 Å². The topological polar surface area (TPSA) is 98.2 Å². The van der Waals surface area contributed by atoms with Crippen molar-refractivity contribution in [2.24, 2.45) is 17.4 Å². The molecule has 0 heterocycles. The largest absolute Gasteiger partial charge is 0.369 e. The average Bonchev–Trinajstić information content (AvgIpc) is 2.44. The normalized spacial score (nSPS) is 13.6. The van der Waals surface area contributed by atoms with Crippen LogP contribution in [0.25, 0.3) is 0 Å². The number of hydrogen-bond acceptors (Lipinski definition) is 4. The predicted molar refractivity (Wildman–Crippen MR) is 82.4 cm³/mol. The first-order valence-corrected chi connectivity index (χ1v) is 7.50. The number of carbonyl (C=O) groups excluding carboxylic acids is 2. The van der Waals surface area contributed by atoms with Crippen LogP contribution in [0.15, 0.2) is 29.2 Å². The number of hydrogen-bond donors (Lipinski definition) is 3. The molecule has 0 aromatic heterocycles. The van der Waals surface area contributed by atoms with Crippen LogP contribution < -0.4 is 16.8 Å². The number of para-hydroxylation sites is 1. The van der Waals surface area contributed by atoms with Gasteiger partial charge in [0, 0.05) is 4.90 Å². The van der Waals surface area contributed by atoms with Crippen molar-refractivity contribution in [2.45, 2.75) is 31.2 Å². The molecule has 0 aliphatic rings. The van der Waals surface area contributed by atoms with Gasteiger partial charge in [-0.2, -0.15) is 0 Å². The lowest BCUT2D eigenvalue weighted by atomic mass is 9.99. The van der Waals surface area contributed by atoms with Gasteiger partial charge in [0.1, 0.15) is 0 Å². The maximum absolute atomic E-state index is 12.1. The van der Waals surface area contributed by atoms with Crippen molar-refractivity contribution < 1.29 is 9.59 Å². The SMILES string of the molecule is CC[C@H](C)[C@H](N)C(=O)Nc1ccccc1SCC(N)=O. The molecular weight excluding hydrogens is 274 g/mol. The summed E-state index contributed by atoms with van der Waals surface area (Å²) in [6.07, 6.45) is 0.840. The lowest BCUT2D eigenvalue weighted by Crippen LogP contribution is -2.40. The third-order valence-corrected chi connectivity index (χ3v) is 4.17. The lowest BCUT2D eigenvalue weighted by Gasteiger charge is -2.18. The number of amides is 2. The fourth-order valence-electron chi connectivity index (χ4n) is 1.57. The number of thioether (sulfide) groups is 1. The Bertz CT molecular complexity index is 479. The van der Waals surface area contributed by atoms with Crippen LogP contribution in [0.1, 0.15) is 20.3 Å². The van der Waals surface area contributed by atoms with E-state index in [9.17, 15) is 9.59 Å². The highest BCUT2D eigenvalue weighted by Gasteiger charge is 2.20. The van der Waals surface area contributed by atoms with Crippen molar-refractivity contribution in [3.63, 3.8) is 0 Å². The van der Waals surface area contributed by atoms with Gasteiger partial charge in [-0.3, -0.25) is 9.59 Å². The summed E-state index contributed by atoms with van der Waals surface area (Å²) in [4.78, 5) is 23.7. The summed E-state index contributed by atoms with van der Waals surface area (Å²) in [5.41, 5.74) is 11.7. The third-order valence-electron chi connectivity index (χ3n) is 3.07. The zero-order valence-electron chi connectivity index (χ0n) is 11.8. The van der Waals surface area contributed by atoms with Crippen molar-refractivity contribution in [3.8, 4) is 0 Å². The van der Waals surface area contributed by atoms with Gasteiger partial charge in [0.05, 0.1) is 17.5 Å². The Morgan fingerprint density at radius 3 is 2.60 bits per heavy atom. The van der Waals surface area contributed by atoms with Crippen molar-refractivity contribution in [2.75, 3.05) is 11.1 Å². The van der Waals surface area contributed by atoms with E-state index in [1.165, 1.54) is 11.8 Å². The molecule has 110 valence electrons. The molecule has 1 rings (SSSR count). The Labute approximate surface area is 123 Å². The van der Waals surface area contributed by atoms with Crippen LogP contribution in [-0.4, -0.2) is 23.6 Å². The number of nitrogens with one attached hydrogen (secondary N) is 1. The molecular formula is C14H21N3O2S. The second kappa shape index (κ2) is 7.91. The summed E-state index contributed by atoms with van der Waals surface area (Å²) in [6.45, 7) is 3.94. The van der Waals surface area contributed by atoms with Crippen LogP contribution in [0, 0.1) is 5.92 Å². The third kappa shape index (κ3) is 4.86. The van der Waals surface area contributed by atoms with Gasteiger partial charge in [0.25, 0.3) is 0 Å². The maximum Gasteiger partial charge on any atom is 0.241 e. The zero-order valence-corrected chi connectivity index (χ0v) is 12.6. The van der Waals surface area contributed by atoms with E-state index in [0.29, 0.717) is 5.69 Å². The highest BCUT2D eigenvalue weighted by Crippen LogP contribution is 2.27. The van der Waals surface area contributed by atoms with Crippen LogP contribution in [0.2, 0.25) is 0 Å². The van der Waals surface area contributed by atoms with Gasteiger partial charge in [-0.25, -0.2) is 0 Å². The summed E-state index contributed by atoms with van der Waals surface area (Å²) >= 11 is 1.29. The molecule has 2 atom stereocenters. The van der Waals surface area contributed by atoms with Crippen molar-refractivity contribution in [3.05, 3.63) is 24.3 Å². The standard InChI is InChI=1S/C14H21N3O2S/c1-3-9(2)13(16)14(19)17-10-6-4-5-7-11(10)20-8-12(15)18/h4-7,9,13H,3,8,16H2,1-2H3,(H2,15,18)(H,17,19)/t9-,13-/m0/s1. The molecule has 20 heavy (non-hydrogen) atoms. The number of benzene rings is 1. The Morgan fingerprint density at radius 2 is 2.00 bits per heavy atom. The average molecular weight is 295 g/mol. The highest BCUT2D eigenvalue weighted by molar-refractivity contribution is 8.00. The van der Waals surface area contributed by atoms with Crippen LogP contribution in [-0.2, 0) is 9.59 Å². The zero-order chi connectivity index (χ0) is 15.1. The monoisotopic (exact) mass is 295 g/mol. The van der Waals surface area contributed by atoms with Gasteiger partial charge in [-0.05, 0) is 18.1 Å². The van der Waals surface area contributed by atoms with E-state index in [4.69, 9.17) is 11.5 Å². The molecule has 0 aliphatic carbocycles. The predicted octanol–water partition coefficient (Wildman–Crippen LogP) is 1.58. The van der Waals surface area contributed by atoms with Gasteiger partial charge in [0.15, 0.2) is 0 Å². The molecule has 0 fully saturated rings. The minimum Gasteiger partial charge on any atom is -0.369 e. The molecule has 2 amide bonds. The van der Waals surface area contributed by atoms with Crippen LogP contribution in [0.5, 0.6) is 0 Å². The van der Waals surface area contributed by atoms with Gasteiger partial charge in [0.2, 0.25) is 11.8 Å². The summed E-state index contributed by atoms with van der Waals surface area (Å²) in [7, 11) is 0. The molecule has 6 heteroatoms. The highest BCUT2D eigenvalue weighted by atomic mass is 32.2. The van der Waals surface area contributed by atoms with Crippen molar-refractivity contribution >= 4 is 29.3 Å². The number of rotatable bonds is 7. The smallest absolute Gasteiger partial charge is 0.241 e. The maximum atomic E-state index is 12.1. The molecule has 1 aromatic carbocycles. The van der Waals surface area contributed by atoms with E-state index >= 15 is 0 Å². The summed E-state index contributed by atoms with van der Waals surface area (Å²) < 4.78 is 0. The number of anilines is 1. The fraction of sp³-hybridized carbons (Fsp3) is 0.429. The first kappa shape index (κ1) is 16.5. The Hall–Kier alpha value is -1.53. The number of primary amides is 1. The van der Waals surface area contributed by atoms with E-state index in [1.807, 2.05) is 32.0 Å². The van der Waals surface area contributed by atoms with Crippen molar-refractivity contribution in [1.82, 2.24) is 0 Å². The molecule has 0 saturated carbocycles. The minimum atomic E-state index is -0.547. The first-order valence-electron chi connectivity index (χ1n) is 6.52. The Kier molecular flexibility index (Phi) is 6.54. The molecule has 0 unspecified atom stereocenters. The van der Waals surface area contributed by atoms with Gasteiger partial charge in [-0.1, -0.05) is 32.4 Å². The first-order chi connectivity index (χ1) is 9.45. The molecule has 0 spiro atoms. The molecule has 5 nitrogen and oxygen atoms in total. The van der Waals surface area contributed by atoms with E-state index in [1.54, 1.807) is 6.07 Å². The molecule has 0 radical (unpaired) electrons. The molecule has 1 aromatic rings. The Balaban J connectivity index is 2.76. The quantitative estimate of drug-likeness (QED) is 0.665. The van der Waals surface area contributed by atoms with E-state index < -0.39 is 11.9 Å². The van der Waals surface area contributed by atoms with Crippen LogP contribution in [0.3, 0.4) is 0 Å². The fourth-order valence-corrected chi connectivity index (χ4v) is 2.32. The molecule has 0 saturated heterocycles. The Morgan fingerprint density at radius 1 is 1.35 bits per heavy atom. The molecule has 0 aliphatic heterocycles. The number of nitrogens with two attached hydrogens (primary N) is 2. The summed E-state index contributed by atoms with van der Waals surface area (Å²) in [5, 5.41) is 2.81. The second-order valence-corrected chi connectivity index (χ2v) is 5.67. The second-order valence-electron chi connectivity index (χ2n) is 4.65. The van der Waals surface area contributed by atoms with Crippen molar-refractivity contribution in [1.29, 1.82) is 0 Å². The van der Waals surface area contributed by atoms with E-state index in [-0.39, 0.29) is 17.6 Å². The van der Waals surface area contributed by atoms with E-state index in [0.717, 1.165) is 11.3 Å². The van der Waals surface area contributed by atoms with Gasteiger partial charge in [-0.15, -0.1) is 11.8 Å². The van der Waals surface area contributed by atoms with E-state index in [2.05, 4.69) is 5.32 Å². The van der Waals surface area contributed by atoms with Crippen LogP contribution >= 0.6 is 11.8 Å². The summed E-state index contributed by atoms with van der Waals surface area (Å²) in [5.74, 6) is -0.330. The molecule has 5 N–H and O–H groups in total. The molecule has 0 bridgehead atoms. The minimum absolute atomic E-state index is 0.112. The van der Waals surface area contributed by atoms with Gasteiger partial charge < -0.3 is 16.8 Å². The summed E-state index contributed by atoms with van der Waals surface area (Å²) in [6, 6.07) is 6.73. The lowest BCUT2D eigenvalue weighted by molar-refractivity contribution is -0.118. The van der Waals surface area contributed by atoms with Gasteiger partial charge >= 0.3 is 0 Å². The number of carbonyl (C=O) groups is 2.